The minimum atomic E-state index is -4.86. The van der Waals surface area contributed by atoms with Crippen LogP contribution in [0.25, 0.3) is 0 Å². The molecule has 0 atom stereocenters. The predicted molar refractivity (Wildman–Crippen MR) is 61.9 cm³/mol. The van der Waals surface area contributed by atoms with Crippen molar-refractivity contribution < 1.29 is 27.4 Å². The Morgan fingerprint density at radius 1 is 1.44 bits per heavy atom. The van der Waals surface area contributed by atoms with E-state index in [9.17, 15) is 18.0 Å². The lowest BCUT2D eigenvalue weighted by molar-refractivity contribution is -0.274. The zero-order valence-electron chi connectivity index (χ0n) is 8.84. The van der Waals surface area contributed by atoms with Gasteiger partial charge in [-0.2, -0.15) is 5.26 Å². The summed E-state index contributed by atoms with van der Waals surface area (Å²) in [5.41, 5.74) is -0.330. The van der Waals surface area contributed by atoms with Gasteiger partial charge in [0, 0.05) is 0 Å². The van der Waals surface area contributed by atoms with Crippen LogP contribution in [0, 0.1) is 14.9 Å². The standard InChI is InChI=1S/C10H5F3INO3/c1-17-9(16)5-2-3-7(18-10(11,12)13)8(14)6(5)4-15/h2-3H,1H3. The number of carbonyl (C=O) groups excluding carboxylic acids is 1. The molecule has 0 bridgehead atoms. The molecular formula is C10H5F3INO3. The van der Waals surface area contributed by atoms with E-state index in [1.165, 1.54) is 22.6 Å². The largest absolute Gasteiger partial charge is 0.573 e. The first-order valence-corrected chi connectivity index (χ1v) is 5.44. The summed E-state index contributed by atoms with van der Waals surface area (Å²) in [6.07, 6.45) is -4.86. The number of methoxy groups -OCH3 is 1. The number of ether oxygens (including phenoxy) is 2. The highest BCUT2D eigenvalue weighted by Gasteiger charge is 2.33. The molecular weight excluding hydrogens is 366 g/mol. The molecule has 0 N–H and O–H groups in total. The molecule has 0 amide bonds. The van der Waals surface area contributed by atoms with Crippen LogP contribution in [-0.4, -0.2) is 19.4 Å². The van der Waals surface area contributed by atoms with E-state index in [-0.39, 0.29) is 14.7 Å². The van der Waals surface area contributed by atoms with Gasteiger partial charge in [0.05, 0.1) is 21.8 Å². The lowest BCUT2D eigenvalue weighted by Crippen LogP contribution is -2.18. The first kappa shape index (κ1) is 14.6. The normalized spacial score (nSPS) is 10.7. The van der Waals surface area contributed by atoms with Gasteiger partial charge in [-0.05, 0) is 34.7 Å². The Bertz CT molecular complexity index is 522. The lowest BCUT2D eigenvalue weighted by Gasteiger charge is -2.12. The Morgan fingerprint density at radius 3 is 2.50 bits per heavy atom. The molecule has 0 unspecified atom stereocenters. The number of benzene rings is 1. The fourth-order valence-electron chi connectivity index (χ4n) is 1.15. The zero-order valence-corrected chi connectivity index (χ0v) is 11.0. The average Bonchev–Trinajstić information content (AvgIpc) is 2.28. The molecule has 0 saturated carbocycles. The molecule has 0 saturated heterocycles. The van der Waals surface area contributed by atoms with E-state index in [1.54, 1.807) is 6.07 Å². The van der Waals surface area contributed by atoms with Crippen LogP contribution in [-0.2, 0) is 4.74 Å². The molecule has 0 aromatic heterocycles. The van der Waals surface area contributed by atoms with Crippen LogP contribution >= 0.6 is 22.6 Å². The van der Waals surface area contributed by atoms with Crippen LogP contribution in [0.3, 0.4) is 0 Å². The van der Waals surface area contributed by atoms with Gasteiger partial charge in [0.2, 0.25) is 0 Å². The molecule has 18 heavy (non-hydrogen) atoms. The van der Waals surface area contributed by atoms with Crippen molar-refractivity contribution in [1.29, 1.82) is 5.26 Å². The van der Waals surface area contributed by atoms with Crippen LogP contribution < -0.4 is 4.74 Å². The summed E-state index contributed by atoms with van der Waals surface area (Å²) in [5.74, 6) is -1.34. The van der Waals surface area contributed by atoms with Gasteiger partial charge in [-0.15, -0.1) is 13.2 Å². The minimum absolute atomic E-state index is 0.102. The van der Waals surface area contributed by atoms with Gasteiger partial charge in [-0.25, -0.2) is 4.79 Å². The number of nitriles is 1. The SMILES string of the molecule is COC(=O)c1ccc(OC(F)(F)F)c(I)c1C#N. The quantitative estimate of drug-likeness (QED) is 0.593. The second kappa shape index (κ2) is 5.43. The molecule has 0 spiro atoms. The maximum Gasteiger partial charge on any atom is 0.573 e. The van der Waals surface area contributed by atoms with Crippen molar-refractivity contribution in [3.63, 3.8) is 0 Å². The Morgan fingerprint density at radius 2 is 2.06 bits per heavy atom. The monoisotopic (exact) mass is 371 g/mol. The number of carbonyl (C=O) groups is 1. The third-order valence-electron chi connectivity index (χ3n) is 1.85. The van der Waals surface area contributed by atoms with Crippen LogP contribution in [0.1, 0.15) is 15.9 Å². The summed E-state index contributed by atoms with van der Waals surface area (Å²) in [7, 11) is 1.11. The maximum absolute atomic E-state index is 12.1. The summed E-state index contributed by atoms with van der Waals surface area (Å²) in [4.78, 5) is 11.3. The van der Waals surface area contributed by atoms with E-state index in [1.807, 2.05) is 0 Å². The van der Waals surface area contributed by atoms with Gasteiger partial charge >= 0.3 is 12.3 Å². The highest BCUT2D eigenvalue weighted by Crippen LogP contribution is 2.31. The molecule has 0 aliphatic carbocycles. The molecule has 1 aromatic rings. The third-order valence-corrected chi connectivity index (χ3v) is 2.92. The second-order valence-electron chi connectivity index (χ2n) is 2.95. The number of esters is 1. The number of hydrogen-bond acceptors (Lipinski definition) is 4. The molecule has 4 nitrogen and oxygen atoms in total. The molecule has 0 fully saturated rings. The van der Waals surface area contributed by atoms with Crippen molar-refractivity contribution in [2.45, 2.75) is 6.36 Å². The van der Waals surface area contributed by atoms with E-state index >= 15 is 0 Å². The third kappa shape index (κ3) is 3.25. The van der Waals surface area contributed by atoms with E-state index in [2.05, 4.69) is 9.47 Å². The van der Waals surface area contributed by atoms with Crippen molar-refractivity contribution in [2.24, 2.45) is 0 Å². The highest BCUT2D eigenvalue weighted by atomic mass is 127. The maximum atomic E-state index is 12.1. The fraction of sp³-hybridized carbons (Fsp3) is 0.200. The molecule has 8 heteroatoms. The summed E-state index contributed by atoms with van der Waals surface area (Å²) in [6.45, 7) is 0. The van der Waals surface area contributed by atoms with E-state index in [0.29, 0.717) is 0 Å². The van der Waals surface area contributed by atoms with Gasteiger partial charge in [0.15, 0.2) is 0 Å². The number of rotatable bonds is 2. The number of nitrogens with zero attached hydrogens (tertiary/aromatic N) is 1. The van der Waals surface area contributed by atoms with Crippen molar-refractivity contribution in [3.05, 3.63) is 26.8 Å². The number of alkyl halides is 3. The predicted octanol–water partition coefficient (Wildman–Crippen LogP) is 2.85. The van der Waals surface area contributed by atoms with Crippen molar-refractivity contribution >= 4 is 28.6 Å². The van der Waals surface area contributed by atoms with Gasteiger partial charge in [-0.1, -0.05) is 0 Å². The average molecular weight is 371 g/mol. The first-order valence-electron chi connectivity index (χ1n) is 4.36. The Balaban J connectivity index is 3.30. The van der Waals surface area contributed by atoms with E-state index < -0.39 is 18.1 Å². The van der Waals surface area contributed by atoms with E-state index in [4.69, 9.17) is 5.26 Å². The molecule has 0 aliphatic rings. The van der Waals surface area contributed by atoms with Gasteiger partial charge in [0.1, 0.15) is 11.8 Å². The van der Waals surface area contributed by atoms with Gasteiger partial charge in [0.25, 0.3) is 0 Å². The lowest BCUT2D eigenvalue weighted by atomic mass is 10.1. The number of hydrogen-bond donors (Lipinski definition) is 0. The van der Waals surface area contributed by atoms with Crippen LogP contribution in [0.15, 0.2) is 12.1 Å². The minimum Gasteiger partial charge on any atom is -0.465 e. The zero-order chi connectivity index (χ0) is 13.9. The molecule has 0 radical (unpaired) electrons. The fourth-order valence-corrected chi connectivity index (χ4v) is 1.85. The first-order chi connectivity index (χ1) is 8.30. The molecule has 1 rings (SSSR count). The molecule has 0 aliphatic heterocycles. The van der Waals surface area contributed by atoms with Gasteiger partial charge < -0.3 is 9.47 Å². The summed E-state index contributed by atoms with van der Waals surface area (Å²) >= 11 is 1.50. The van der Waals surface area contributed by atoms with Crippen molar-refractivity contribution in [1.82, 2.24) is 0 Å². The summed E-state index contributed by atoms with van der Waals surface area (Å²) in [6, 6.07) is 3.66. The molecule has 96 valence electrons. The Labute approximate surface area is 113 Å². The van der Waals surface area contributed by atoms with Crippen molar-refractivity contribution in [2.75, 3.05) is 7.11 Å². The smallest absolute Gasteiger partial charge is 0.465 e. The summed E-state index contributed by atoms with van der Waals surface area (Å²) in [5, 5.41) is 8.87. The van der Waals surface area contributed by atoms with Crippen LogP contribution in [0.4, 0.5) is 13.2 Å². The van der Waals surface area contributed by atoms with Crippen LogP contribution in [0.5, 0.6) is 5.75 Å². The molecule has 0 heterocycles. The van der Waals surface area contributed by atoms with E-state index in [0.717, 1.165) is 19.2 Å². The van der Waals surface area contributed by atoms with Crippen LogP contribution in [0.2, 0.25) is 0 Å². The van der Waals surface area contributed by atoms with Gasteiger partial charge in [-0.3, -0.25) is 0 Å². The number of halogens is 4. The summed E-state index contributed by atoms with van der Waals surface area (Å²) < 4.78 is 44.3. The Kier molecular flexibility index (Phi) is 4.39. The topological polar surface area (TPSA) is 59.3 Å². The molecule has 1 aromatic carbocycles. The highest BCUT2D eigenvalue weighted by molar-refractivity contribution is 14.1. The van der Waals surface area contributed by atoms with Crippen molar-refractivity contribution in [3.8, 4) is 11.8 Å². The second-order valence-corrected chi connectivity index (χ2v) is 4.03. The Hall–Kier alpha value is -1.50.